The van der Waals surface area contributed by atoms with Crippen molar-refractivity contribution in [3.05, 3.63) is 11.2 Å². The van der Waals surface area contributed by atoms with Gasteiger partial charge in [0.25, 0.3) is 0 Å². The van der Waals surface area contributed by atoms with Gasteiger partial charge in [0, 0.05) is 6.07 Å². The van der Waals surface area contributed by atoms with E-state index in [2.05, 4.69) is 4.74 Å². The van der Waals surface area contributed by atoms with Crippen molar-refractivity contribution in [3.63, 3.8) is 0 Å². The van der Waals surface area contributed by atoms with Gasteiger partial charge in [-0.15, -0.1) is 0 Å². The normalized spacial score (nSPS) is 11.6. The van der Waals surface area contributed by atoms with Crippen molar-refractivity contribution < 1.29 is 22.1 Å². The van der Waals surface area contributed by atoms with Crippen molar-refractivity contribution in [2.24, 2.45) is 0 Å². The molecule has 0 radical (unpaired) electrons. The van der Waals surface area contributed by atoms with Crippen molar-refractivity contribution in [3.8, 4) is 5.75 Å². The first-order valence-corrected chi connectivity index (χ1v) is 5.01. The van der Waals surface area contributed by atoms with E-state index < -0.39 is 19.5 Å². The van der Waals surface area contributed by atoms with Crippen molar-refractivity contribution in [1.82, 2.24) is 0 Å². The smallest absolute Gasteiger partial charge is 0.307 e. The number of methoxy groups -OCH3 is 1. The molecule has 7 heteroatoms. The van der Waals surface area contributed by atoms with Crippen LogP contribution in [0.2, 0.25) is 0 Å². The van der Waals surface area contributed by atoms with Gasteiger partial charge in [0.1, 0.15) is 0 Å². The summed E-state index contributed by atoms with van der Waals surface area (Å²) in [7, 11) is -3.18. The molecule has 0 aliphatic heterocycles. The number of hydrogen-bond donors (Lipinski definition) is 1. The molecule has 1 heterocycles. The highest BCUT2D eigenvalue weighted by atomic mass is 32.3. The van der Waals surface area contributed by atoms with Crippen LogP contribution in [-0.4, -0.2) is 20.1 Å². The van der Waals surface area contributed by atoms with E-state index in [0.29, 0.717) is 11.3 Å². The summed E-state index contributed by atoms with van der Waals surface area (Å²) in [6.07, 6.45) is 0. The zero-order valence-corrected chi connectivity index (χ0v) is 7.58. The molecule has 68 valence electrons. The van der Waals surface area contributed by atoms with Crippen LogP contribution in [0.1, 0.15) is 0 Å². The third-order valence-corrected chi connectivity index (χ3v) is 3.34. The minimum atomic E-state index is -4.37. The third kappa shape index (κ3) is 1.74. The molecule has 0 aliphatic rings. The van der Waals surface area contributed by atoms with Gasteiger partial charge in [-0.3, -0.25) is 4.55 Å². The Balaban J connectivity index is 3.33. The van der Waals surface area contributed by atoms with E-state index in [1.165, 1.54) is 7.11 Å². The molecule has 1 aromatic heterocycles. The van der Waals surface area contributed by atoms with E-state index >= 15 is 0 Å². The van der Waals surface area contributed by atoms with Crippen molar-refractivity contribution >= 4 is 21.5 Å². The lowest BCUT2D eigenvalue weighted by Crippen LogP contribution is -1.96. The summed E-state index contributed by atoms with van der Waals surface area (Å²) in [5, 5.41) is -0.723. The van der Waals surface area contributed by atoms with Gasteiger partial charge < -0.3 is 4.74 Å². The van der Waals surface area contributed by atoms with E-state index in [0.717, 1.165) is 6.07 Å². The second kappa shape index (κ2) is 3.00. The summed E-state index contributed by atoms with van der Waals surface area (Å²) in [5.74, 6) is -0.181. The predicted molar refractivity (Wildman–Crippen MR) is 40.6 cm³/mol. The SMILES string of the molecule is COc1cc(F)sc1S(=O)(=O)O. The summed E-state index contributed by atoms with van der Waals surface area (Å²) < 4.78 is 46.1. The Labute approximate surface area is 72.3 Å². The first kappa shape index (κ1) is 9.43. The molecule has 0 unspecified atom stereocenters. The van der Waals surface area contributed by atoms with Crippen LogP contribution in [0, 0.1) is 5.13 Å². The van der Waals surface area contributed by atoms with Crippen LogP contribution >= 0.6 is 11.3 Å². The van der Waals surface area contributed by atoms with Gasteiger partial charge in [0.05, 0.1) is 7.11 Å². The van der Waals surface area contributed by atoms with Crippen molar-refractivity contribution in [2.75, 3.05) is 7.11 Å². The minimum Gasteiger partial charge on any atom is -0.494 e. The van der Waals surface area contributed by atoms with E-state index in [1.807, 2.05) is 0 Å². The highest BCUT2D eigenvalue weighted by Gasteiger charge is 2.20. The molecule has 0 amide bonds. The van der Waals surface area contributed by atoms with Crippen LogP contribution in [0.25, 0.3) is 0 Å². The van der Waals surface area contributed by atoms with Gasteiger partial charge in [-0.1, -0.05) is 11.3 Å². The molecule has 0 aliphatic carbocycles. The number of rotatable bonds is 2. The van der Waals surface area contributed by atoms with Gasteiger partial charge in [0.2, 0.25) is 0 Å². The maximum absolute atomic E-state index is 12.5. The van der Waals surface area contributed by atoms with Crippen molar-refractivity contribution in [2.45, 2.75) is 4.21 Å². The second-order valence-corrected chi connectivity index (χ2v) is 4.50. The molecule has 0 fully saturated rings. The fraction of sp³-hybridized carbons (Fsp3) is 0.200. The molecule has 12 heavy (non-hydrogen) atoms. The zero-order chi connectivity index (χ0) is 9.35. The lowest BCUT2D eigenvalue weighted by molar-refractivity contribution is 0.401. The highest BCUT2D eigenvalue weighted by Crippen LogP contribution is 2.31. The topological polar surface area (TPSA) is 63.6 Å². The largest absolute Gasteiger partial charge is 0.494 e. The Morgan fingerprint density at radius 2 is 2.25 bits per heavy atom. The van der Waals surface area contributed by atoms with E-state index in [9.17, 15) is 12.8 Å². The molecule has 4 nitrogen and oxygen atoms in total. The summed E-state index contributed by atoms with van der Waals surface area (Å²) in [4.78, 5) is 0. The first-order chi connectivity index (χ1) is 5.45. The van der Waals surface area contributed by atoms with Gasteiger partial charge in [-0.05, 0) is 0 Å². The van der Waals surface area contributed by atoms with Crippen LogP contribution < -0.4 is 4.74 Å². The Hall–Kier alpha value is -0.660. The lowest BCUT2D eigenvalue weighted by atomic mass is 10.6. The number of hydrogen-bond acceptors (Lipinski definition) is 4. The Morgan fingerprint density at radius 1 is 1.67 bits per heavy atom. The van der Waals surface area contributed by atoms with Crippen LogP contribution in [-0.2, 0) is 10.1 Å². The zero-order valence-electron chi connectivity index (χ0n) is 5.94. The Morgan fingerprint density at radius 3 is 2.58 bits per heavy atom. The summed E-state index contributed by atoms with van der Waals surface area (Å²) in [5.41, 5.74) is 0. The number of halogens is 1. The monoisotopic (exact) mass is 212 g/mol. The van der Waals surface area contributed by atoms with Crippen LogP contribution in [0.5, 0.6) is 5.75 Å². The maximum atomic E-state index is 12.5. The molecule has 0 saturated heterocycles. The Bertz CT molecular complexity index is 380. The fourth-order valence-electron chi connectivity index (χ4n) is 0.652. The number of thiophene rings is 1. The molecule has 1 aromatic rings. The molecule has 0 spiro atoms. The molecule has 0 atom stereocenters. The van der Waals surface area contributed by atoms with Crippen molar-refractivity contribution in [1.29, 1.82) is 0 Å². The van der Waals surface area contributed by atoms with Gasteiger partial charge in [0.15, 0.2) is 15.1 Å². The molecule has 0 bridgehead atoms. The summed E-state index contributed by atoms with van der Waals surface area (Å²) >= 11 is 0.316. The highest BCUT2D eigenvalue weighted by molar-refractivity contribution is 7.88. The first-order valence-electron chi connectivity index (χ1n) is 2.76. The Kier molecular flexibility index (Phi) is 2.36. The molecule has 0 saturated carbocycles. The van der Waals surface area contributed by atoms with Crippen LogP contribution in [0.3, 0.4) is 0 Å². The molecular formula is C5H5FO4S2. The number of ether oxygens (including phenoxy) is 1. The standard InChI is InChI=1S/C5H5FO4S2/c1-10-3-2-4(6)11-5(3)12(7,8)9/h2H,1H3,(H,7,8,9). The lowest BCUT2D eigenvalue weighted by Gasteiger charge is -1.96. The van der Waals surface area contributed by atoms with Crippen LogP contribution in [0.15, 0.2) is 10.3 Å². The quantitative estimate of drug-likeness (QED) is 0.747. The molecule has 0 aromatic carbocycles. The minimum absolute atomic E-state index is 0.181. The van der Waals surface area contributed by atoms with E-state index in [1.54, 1.807) is 0 Å². The van der Waals surface area contributed by atoms with Gasteiger partial charge >= 0.3 is 10.1 Å². The van der Waals surface area contributed by atoms with Crippen LogP contribution in [0.4, 0.5) is 4.39 Å². The third-order valence-electron chi connectivity index (χ3n) is 1.09. The average molecular weight is 212 g/mol. The van der Waals surface area contributed by atoms with Gasteiger partial charge in [-0.25, -0.2) is 0 Å². The van der Waals surface area contributed by atoms with E-state index in [-0.39, 0.29) is 5.75 Å². The average Bonchev–Trinajstić information content (AvgIpc) is 2.29. The fourth-order valence-corrected chi connectivity index (χ4v) is 2.29. The molecule has 1 rings (SSSR count). The maximum Gasteiger partial charge on any atom is 0.307 e. The van der Waals surface area contributed by atoms with E-state index in [4.69, 9.17) is 4.55 Å². The molecule has 1 N–H and O–H groups in total. The van der Waals surface area contributed by atoms with Gasteiger partial charge in [-0.2, -0.15) is 12.8 Å². The molecular weight excluding hydrogens is 207 g/mol. The second-order valence-electron chi connectivity index (χ2n) is 1.88. The summed E-state index contributed by atoms with van der Waals surface area (Å²) in [6.45, 7) is 0. The predicted octanol–water partition coefficient (Wildman–Crippen LogP) is 1.14. The summed E-state index contributed by atoms with van der Waals surface area (Å²) in [6, 6.07) is 0.897.